The fraction of sp³-hybridized carbons (Fsp3) is 0. The van der Waals surface area contributed by atoms with E-state index in [1.165, 1.54) is 0 Å². The van der Waals surface area contributed by atoms with Gasteiger partial charge in [-0.3, -0.25) is 0 Å². The Morgan fingerprint density at radius 3 is 2.12 bits per heavy atom. The van der Waals surface area contributed by atoms with Gasteiger partial charge in [0.05, 0.1) is 9.80 Å². The lowest BCUT2D eigenvalue weighted by Crippen LogP contribution is -1.99. The molecular weight excluding hydrogens is 232 g/mol. The molecule has 0 radical (unpaired) electrons. The molecule has 2 nitrogen and oxygen atoms in total. The summed E-state index contributed by atoms with van der Waals surface area (Å²) < 4.78 is 24.6. The van der Waals surface area contributed by atoms with Crippen LogP contribution in [-0.2, 0) is 9.84 Å². The summed E-state index contributed by atoms with van der Waals surface area (Å²) in [5, 5.41) is 0. The molecular formula is C14H10O2S. The molecule has 0 bridgehead atoms. The van der Waals surface area contributed by atoms with Crippen LogP contribution in [0.2, 0.25) is 0 Å². The highest BCUT2D eigenvalue weighted by Gasteiger charge is 2.29. The van der Waals surface area contributed by atoms with E-state index < -0.39 is 9.84 Å². The first kappa shape index (κ1) is 10.3. The topological polar surface area (TPSA) is 34.1 Å². The second kappa shape index (κ2) is 3.57. The molecule has 0 saturated carbocycles. The second-order valence-corrected chi connectivity index (χ2v) is 5.80. The zero-order chi connectivity index (χ0) is 11.9. The zero-order valence-corrected chi connectivity index (χ0v) is 9.81. The summed E-state index contributed by atoms with van der Waals surface area (Å²) in [6, 6.07) is 16.3. The van der Waals surface area contributed by atoms with E-state index in [0.717, 1.165) is 11.1 Å². The first-order valence-electron chi connectivity index (χ1n) is 5.31. The Balaban J connectivity index is 2.25. The van der Waals surface area contributed by atoms with Crippen molar-refractivity contribution in [2.45, 2.75) is 4.90 Å². The van der Waals surface area contributed by atoms with Crippen LogP contribution < -0.4 is 0 Å². The third-order valence-corrected chi connectivity index (χ3v) is 4.73. The minimum Gasteiger partial charge on any atom is -0.218 e. The minimum atomic E-state index is -3.34. The van der Waals surface area contributed by atoms with E-state index in [-0.39, 0.29) is 0 Å². The van der Waals surface area contributed by atoms with Crippen molar-refractivity contribution in [3.05, 3.63) is 65.7 Å². The lowest BCUT2D eigenvalue weighted by Gasteiger charge is -2.03. The maximum atomic E-state index is 12.3. The van der Waals surface area contributed by atoms with E-state index in [2.05, 4.69) is 0 Å². The van der Waals surface area contributed by atoms with Gasteiger partial charge in [0, 0.05) is 0 Å². The van der Waals surface area contributed by atoms with Gasteiger partial charge in [0.15, 0.2) is 0 Å². The molecule has 0 spiro atoms. The Labute approximate surface area is 100 Å². The van der Waals surface area contributed by atoms with Gasteiger partial charge in [-0.2, -0.15) is 0 Å². The summed E-state index contributed by atoms with van der Waals surface area (Å²) >= 11 is 0. The van der Waals surface area contributed by atoms with Crippen molar-refractivity contribution in [3.8, 4) is 0 Å². The standard InChI is InChI=1S/C14H10O2S/c15-17(16)13-9-5-4-8-12(13)10-14(17)11-6-2-1-3-7-11/h1-10H. The molecule has 0 N–H and O–H groups in total. The number of rotatable bonds is 1. The van der Waals surface area contributed by atoms with Crippen molar-refractivity contribution < 1.29 is 8.42 Å². The molecule has 2 aromatic rings. The maximum absolute atomic E-state index is 12.3. The van der Waals surface area contributed by atoms with Crippen LogP contribution in [0, 0.1) is 0 Å². The average molecular weight is 242 g/mol. The Morgan fingerprint density at radius 1 is 0.765 bits per heavy atom. The van der Waals surface area contributed by atoms with Crippen molar-refractivity contribution in [1.29, 1.82) is 0 Å². The highest BCUT2D eigenvalue weighted by atomic mass is 32.2. The van der Waals surface area contributed by atoms with Crippen LogP contribution in [0.4, 0.5) is 0 Å². The monoisotopic (exact) mass is 242 g/mol. The molecule has 0 aromatic heterocycles. The van der Waals surface area contributed by atoms with Gasteiger partial charge in [0.25, 0.3) is 0 Å². The lowest BCUT2D eigenvalue weighted by atomic mass is 10.1. The van der Waals surface area contributed by atoms with Gasteiger partial charge in [-0.05, 0) is 23.3 Å². The van der Waals surface area contributed by atoms with Gasteiger partial charge in [0.1, 0.15) is 0 Å². The summed E-state index contributed by atoms with van der Waals surface area (Å²) in [7, 11) is -3.34. The van der Waals surface area contributed by atoms with E-state index in [1.54, 1.807) is 18.2 Å². The molecule has 0 aliphatic carbocycles. The molecule has 2 aromatic carbocycles. The summed E-state index contributed by atoms with van der Waals surface area (Å²) in [6.07, 6.45) is 1.74. The predicted molar refractivity (Wildman–Crippen MR) is 67.9 cm³/mol. The van der Waals surface area contributed by atoms with Crippen LogP contribution in [0.3, 0.4) is 0 Å². The Morgan fingerprint density at radius 2 is 1.41 bits per heavy atom. The fourth-order valence-electron chi connectivity index (χ4n) is 2.02. The number of benzene rings is 2. The van der Waals surface area contributed by atoms with Crippen molar-refractivity contribution >= 4 is 20.8 Å². The van der Waals surface area contributed by atoms with Crippen LogP contribution in [0.5, 0.6) is 0 Å². The average Bonchev–Trinajstić information content (AvgIpc) is 2.63. The van der Waals surface area contributed by atoms with Crippen LogP contribution in [0.25, 0.3) is 11.0 Å². The van der Waals surface area contributed by atoms with Gasteiger partial charge in [-0.25, -0.2) is 8.42 Å². The summed E-state index contributed by atoms with van der Waals surface area (Å²) in [6.45, 7) is 0. The van der Waals surface area contributed by atoms with Gasteiger partial charge in [0.2, 0.25) is 9.84 Å². The second-order valence-electron chi connectivity index (χ2n) is 3.92. The van der Waals surface area contributed by atoms with Crippen LogP contribution in [0.15, 0.2) is 59.5 Å². The van der Waals surface area contributed by atoms with Crippen molar-refractivity contribution in [2.24, 2.45) is 0 Å². The van der Waals surface area contributed by atoms with Gasteiger partial charge in [-0.15, -0.1) is 0 Å². The van der Waals surface area contributed by atoms with E-state index in [1.807, 2.05) is 42.5 Å². The first-order chi connectivity index (χ1) is 8.19. The van der Waals surface area contributed by atoms with E-state index in [9.17, 15) is 8.42 Å². The number of hydrogen-bond acceptors (Lipinski definition) is 2. The van der Waals surface area contributed by atoms with Crippen LogP contribution in [0.1, 0.15) is 11.1 Å². The lowest BCUT2D eigenvalue weighted by molar-refractivity contribution is 0.606. The Bertz CT molecular complexity index is 698. The quantitative estimate of drug-likeness (QED) is 0.770. The molecule has 0 fully saturated rings. The Hall–Kier alpha value is -1.87. The van der Waals surface area contributed by atoms with Gasteiger partial charge >= 0.3 is 0 Å². The van der Waals surface area contributed by atoms with E-state index in [4.69, 9.17) is 0 Å². The van der Waals surface area contributed by atoms with E-state index >= 15 is 0 Å². The fourth-order valence-corrected chi connectivity index (χ4v) is 3.68. The van der Waals surface area contributed by atoms with Crippen molar-refractivity contribution in [1.82, 2.24) is 0 Å². The van der Waals surface area contributed by atoms with Gasteiger partial charge < -0.3 is 0 Å². The summed E-state index contributed by atoms with van der Waals surface area (Å²) in [4.78, 5) is 0.790. The van der Waals surface area contributed by atoms with Crippen molar-refractivity contribution in [3.63, 3.8) is 0 Å². The highest BCUT2D eigenvalue weighted by molar-refractivity contribution is 8.01. The molecule has 3 rings (SSSR count). The smallest absolute Gasteiger partial charge is 0.207 e. The van der Waals surface area contributed by atoms with Crippen LogP contribution >= 0.6 is 0 Å². The first-order valence-corrected chi connectivity index (χ1v) is 6.79. The number of sulfone groups is 1. The molecule has 1 aliphatic rings. The minimum absolute atomic E-state index is 0.388. The van der Waals surface area contributed by atoms with Crippen molar-refractivity contribution in [2.75, 3.05) is 0 Å². The largest absolute Gasteiger partial charge is 0.218 e. The molecule has 0 amide bonds. The molecule has 0 unspecified atom stereocenters. The SMILES string of the molecule is O=S1(=O)C(c2ccccc2)=Cc2ccccc21. The Kier molecular flexibility index (Phi) is 2.16. The molecule has 0 atom stereocenters. The zero-order valence-electron chi connectivity index (χ0n) is 9.00. The number of fused-ring (bicyclic) bond motifs is 1. The molecule has 17 heavy (non-hydrogen) atoms. The normalized spacial score (nSPS) is 16.4. The molecule has 1 heterocycles. The molecule has 0 saturated heterocycles. The third-order valence-electron chi connectivity index (χ3n) is 2.84. The molecule has 84 valence electrons. The molecule has 3 heteroatoms. The predicted octanol–water partition coefficient (Wildman–Crippen LogP) is 2.97. The number of hydrogen-bond donors (Lipinski definition) is 0. The third kappa shape index (κ3) is 1.51. The van der Waals surface area contributed by atoms with Gasteiger partial charge in [-0.1, -0.05) is 48.5 Å². The molecule has 1 aliphatic heterocycles. The van der Waals surface area contributed by atoms with E-state index in [0.29, 0.717) is 9.80 Å². The van der Waals surface area contributed by atoms with Crippen LogP contribution in [-0.4, -0.2) is 8.42 Å². The summed E-state index contributed by atoms with van der Waals surface area (Å²) in [5.41, 5.74) is 1.51. The summed E-state index contributed by atoms with van der Waals surface area (Å²) in [5.74, 6) is 0. The highest BCUT2D eigenvalue weighted by Crippen LogP contribution is 2.38. The maximum Gasteiger partial charge on any atom is 0.207 e.